The Morgan fingerprint density at radius 1 is 1.11 bits per heavy atom. The van der Waals surface area contributed by atoms with Gasteiger partial charge in [-0.3, -0.25) is 9.59 Å². The van der Waals surface area contributed by atoms with E-state index >= 15 is 0 Å². The van der Waals surface area contributed by atoms with Crippen LogP contribution >= 0.6 is 11.6 Å². The fourth-order valence-corrected chi connectivity index (χ4v) is 5.20. The molecular formula is C26H29ClF2N4O3. The quantitative estimate of drug-likeness (QED) is 0.448. The zero-order valence-electron chi connectivity index (χ0n) is 20.3. The van der Waals surface area contributed by atoms with Crippen molar-refractivity contribution >= 4 is 28.9 Å². The van der Waals surface area contributed by atoms with E-state index in [4.69, 9.17) is 11.6 Å². The minimum atomic E-state index is -0.748. The van der Waals surface area contributed by atoms with E-state index in [1.165, 1.54) is 56.9 Å². The van der Waals surface area contributed by atoms with Crippen LogP contribution in [0.2, 0.25) is 5.02 Å². The first-order chi connectivity index (χ1) is 17.0. The summed E-state index contributed by atoms with van der Waals surface area (Å²) >= 11 is 5.68. The van der Waals surface area contributed by atoms with Gasteiger partial charge in [-0.1, -0.05) is 31.0 Å². The van der Waals surface area contributed by atoms with Gasteiger partial charge in [0, 0.05) is 13.5 Å². The van der Waals surface area contributed by atoms with Gasteiger partial charge >= 0.3 is 0 Å². The third kappa shape index (κ3) is 5.42. The van der Waals surface area contributed by atoms with Gasteiger partial charge in [-0.2, -0.15) is 5.10 Å². The van der Waals surface area contributed by atoms with Crippen LogP contribution in [-0.2, 0) is 6.54 Å². The van der Waals surface area contributed by atoms with Gasteiger partial charge in [0.05, 0.1) is 16.8 Å². The van der Waals surface area contributed by atoms with Crippen LogP contribution in [0.4, 0.5) is 8.78 Å². The van der Waals surface area contributed by atoms with E-state index in [1.807, 2.05) is 0 Å². The topological polar surface area (TPSA) is 96.6 Å². The SMILES string of the molecule is CC(=O)c1cc(C(=O)NCc2ccc(F)c(Cl)c2)nc2c(F)cnn12.CCC12CCC(O)(CC1)CC2. The van der Waals surface area contributed by atoms with Gasteiger partial charge in [0.1, 0.15) is 17.2 Å². The second-order valence-corrected chi connectivity index (χ2v) is 10.2. The number of hydrogen-bond donors (Lipinski definition) is 2. The Morgan fingerprint density at radius 2 is 1.78 bits per heavy atom. The number of amides is 1. The number of benzene rings is 1. The predicted octanol–water partition coefficient (Wildman–Crippen LogP) is 5.28. The van der Waals surface area contributed by atoms with E-state index < -0.39 is 23.3 Å². The van der Waals surface area contributed by atoms with Crippen LogP contribution in [0.25, 0.3) is 5.65 Å². The molecule has 1 aromatic carbocycles. The molecule has 0 spiro atoms. The summed E-state index contributed by atoms with van der Waals surface area (Å²) in [4.78, 5) is 27.9. The molecule has 0 aliphatic heterocycles. The highest BCUT2D eigenvalue weighted by molar-refractivity contribution is 6.30. The van der Waals surface area contributed by atoms with Crippen LogP contribution in [0.15, 0.2) is 30.5 Å². The lowest BCUT2D eigenvalue weighted by Crippen LogP contribution is -2.45. The smallest absolute Gasteiger partial charge is 0.270 e. The summed E-state index contributed by atoms with van der Waals surface area (Å²) in [6.07, 6.45) is 9.28. The van der Waals surface area contributed by atoms with Gasteiger partial charge in [0.25, 0.3) is 5.91 Å². The maximum atomic E-state index is 13.7. The summed E-state index contributed by atoms with van der Waals surface area (Å²) < 4.78 is 27.9. The highest BCUT2D eigenvalue weighted by Crippen LogP contribution is 2.53. The lowest BCUT2D eigenvalue weighted by atomic mass is 9.58. The Bertz CT molecular complexity index is 1290. The Kier molecular flexibility index (Phi) is 7.43. The number of aliphatic hydroxyl groups is 1. The van der Waals surface area contributed by atoms with Crippen molar-refractivity contribution in [3.05, 3.63) is 64.1 Å². The van der Waals surface area contributed by atoms with Crippen molar-refractivity contribution in [3.8, 4) is 0 Å². The number of aromatic nitrogens is 3. The Hall–Kier alpha value is -2.91. The molecule has 192 valence electrons. The van der Waals surface area contributed by atoms with E-state index in [1.54, 1.807) is 0 Å². The monoisotopic (exact) mass is 518 g/mol. The summed E-state index contributed by atoms with van der Waals surface area (Å²) in [6, 6.07) is 5.26. The summed E-state index contributed by atoms with van der Waals surface area (Å²) in [5, 5.41) is 16.2. The molecule has 2 N–H and O–H groups in total. The molecule has 3 fully saturated rings. The Balaban J connectivity index is 0.000000229. The van der Waals surface area contributed by atoms with Crippen molar-refractivity contribution in [3.63, 3.8) is 0 Å². The molecule has 1 amide bonds. The zero-order valence-corrected chi connectivity index (χ0v) is 21.0. The van der Waals surface area contributed by atoms with Crippen LogP contribution in [-0.4, -0.2) is 37.0 Å². The van der Waals surface area contributed by atoms with E-state index in [0.717, 1.165) is 30.0 Å². The van der Waals surface area contributed by atoms with Crippen LogP contribution in [0.1, 0.15) is 85.3 Å². The molecule has 10 heteroatoms. The zero-order chi connectivity index (χ0) is 26.1. The molecule has 2 bridgehead atoms. The van der Waals surface area contributed by atoms with Gasteiger partial charge in [-0.15, -0.1) is 0 Å². The third-order valence-corrected chi connectivity index (χ3v) is 7.86. The molecule has 36 heavy (non-hydrogen) atoms. The molecular weight excluding hydrogens is 490 g/mol. The fraction of sp³-hybridized carbons (Fsp3) is 0.462. The van der Waals surface area contributed by atoms with E-state index in [2.05, 4.69) is 22.3 Å². The lowest BCUT2D eigenvalue weighted by Gasteiger charge is -2.50. The maximum absolute atomic E-state index is 13.7. The summed E-state index contributed by atoms with van der Waals surface area (Å²) in [7, 11) is 0. The number of halogens is 3. The maximum Gasteiger partial charge on any atom is 0.270 e. The average Bonchev–Trinajstić information content (AvgIpc) is 3.25. The van der Waals surface area contributed by atoms with Crippen LogP contribution in [0.3, 0.4) is 0 Å². The average molecular weight is 519 g/mol. The Morgan fingerprint density at radius 3 is 2.36 bits per heavy atom. The minimum Gasteiger partial charge on any atom is -0.390 e. The number of nitrogens with one attached hydrogen (secondary N) is 1. The van der Waals surface area contributed by atoms with Crippen LogP contribution < -0.4 is 5.32 Å². The van der Waals surface area contributed by atoms with Gasteiger partial charge in [-0.25, -0.2) is 18.3 Å². The first-order valence-corrected chi connectivity index (χ1v) is 12.4. The van der Waals surface area contributed by atoms with Crippen molar-refractivity contribution in [2.75, 3.05) is 0 Å². The highest BCUT2D eigenvalue weighted by Gasteiger charge is 2.46. The van der Waals surface area contributed by atoms with E-state index in [9.17, 15) is 23.5 Å². The number of ketones is 1. The standard InChI is InChI=1S/C16H11ClF2N4O2.C10H18O/c1-8(24)14-5-13(22-15-12(19)7-21-23(14)15)16(25)20-6-9-2-3-11(18)10(17)4-9;1-2-9-3-6-10(11,7-4-9)8-5-9/h2-5,7H,6H2,1H3,(H,20,25);11H,2-8H2,1H3. The summed E-state index contributed by atoms with van der Waals surface area (Å²) in [5.41, 5.74) is 0.654. The second-order valence-electron chi connectivity index (χ2n) is 9.82. The molecule has 3 saturated carbocycles. The Labute approximate surface area is 212 Å². The second kappa shape index (κ2) is 10.2. The van der Waals surface area contributed by atoms with E-state index in [-0.39, 0.29) is 34.2 Å². The molecule has 3 aliphatic carbocycles. The molecule has 3 aromatic rings. The van der Waals surface area contributed by atoms with E-state index in [0.29, 0.717) is 11.0 Å². The first-order valence-electron chi connectivity index (χ1n) is 12.0. The van der Waals surface area contributed by atoms with Crippen molar-refractivity contribution < 1.29 is 23.5 Å². The normalized spacial score (nSPS) is 22.7. The minimum absolute atomic E-state index is 0.0314. The van der Waals surface area contributed by atoms with Crippen molar-refractivity contribution in [1.82, 2.24) is 19.9 Å². The third-order valence-electron chi connectivity index (χ3n) is 7.57. The summed E-state index contributed by atoms with van der Waals surface area (Å²) in [5.74, 6) is -2.32. The largest absolute Gasteiger partial charge is 0.390 e. The molecule has 2 heterocycles. The molecule has 0 atom stereocenters. The molecule has 7 nitrogen and oxygen atoms in total. The molecule has 0 radical (unpaired) electrons. The molecule has 0 saturated heterocycles. The number of nitrogens with zero attached hydrogens (tertiary/aromatic N) is 3. The van der Waals surface area contributed by atoms with Gasteiger partial charge in [0.15, 0.2) is 17.2 Å². The molecule has 3 aliphatic rings. The number of hydrogen-bond acceptors (Lipinski definition) is 5. The predicted molar refractivity (Wildman–Crippen MR) is 131 cm³/mol. The van der Waals surface area contributed by atoms with Crippen molar-refractivity contribution in [1.29, 1.82) is 0 Å². The lowest BCUT2D eigenvalue weighted by molar-refractivity contribution is -0.0927. The van der Waals surface area contributed by atoms with Gasteiger partial charge < -0.3 is 10.4 Å². The number of fused-ring (bicyclic) bond motifs is 4. The fourth-order valence-electron chi connectivity index (χ4n) is 5.00. The van der Waals surface area contributed by atoms with Gasteiger partial charge in [0.2, 0.25) is 0 Å². The van der Waals surface area contributed by atoms with Gasteiger partial charge in [-0.05, 0) is 67.7 Å². The molecule has 2 aromatic heterocycles. The molecule has 0 unspecified atom stereocenters. The molecule has 6 rings (SSSR count). The number of carbonyl (C=O) groups excluding carboxylic acids is 2. The van der Waals surface area contributed by atoms with Crippen molar-refractivity contribution in [2.24, 2.45) is 5.41 Å². The van der Waals surface area contributed by atoms with Crippen molar-refractivity contribution in [2.45, 2.75) is 70.9 Å². The number of rotatable bonds is 5. The number of carbonyl (C=O) groups is 2. The first kappa shape index (κ1) is 26.2. The van der Waals surface area contributed by atoms with Crippen LogP contribution in [0.5, 0.6) is 0 Å². The highest BCUT2D eigenvalue weighted by atomic mass is 35.5. The number of Topliss-reactive ketones (excluding diaryl/α,β-unsaturated/α-hetero) is 1. The summed E-state index contributed by atoms with van der Waals surface area (Å²) in [6.45, 7) is 3.63. The van der Waals surface area contributed by atoms with Crippen LogP contribution in [0, 0.1) is 17.0 Å².